The van der Waals surface area contributed by atoms with E-state index in [1.54, 1.807) is 4.90 Å². The van der Waals surface area contributed by atoms with Gasteiger partial charge in [-0.3, -0.25) is 0 Å². The van der Waals surface area contributed by atoms with E-state index >= 15 is 0 Å². The second-order valence-corrected chi connectivity index (χ2v) is 5.31. The Bertz CT molecular complexity index is 203. The van der Waals surface area contributed by atoms with Gasteiger partial charge in [-0.1, -0.05) is 0 Å². The van der Waals surface area contributed by atoms with Crippen LogP contribution in [0.4, 0.5) is 4.79 Å². The maximum Gasteiger partial charge on any atom is 0.317 e. The van der Waals surface area contributed by atoms with E-state index in [1.807, 2.05) is 25.7 Å². The first-order valence-electron chi connectivity index (χ1n) is 5.71. The minimum Gasteiger partial charge on any atom is -0.335 e. The lowest BCUT2D eigenvalue weighted by Crippen LogP contribution is -2.44. The maximum absolute atomic E-state index is 11.6. The quantitative estimate of drug-likeness (QED) is 0.807. The van der Waals surface area contributed by atoms with Crippen LogP contribution in [0, 0.1) is 0 Å². The predicted molar refractivity (Wildman–Crippen MR) is 66.4 cm³/mol. The highest BCUT2D eigenvalue weighted by atomic mass is 32.2. The van der Waals surface area contributed by atoms with E-state index in [0.29, 0.717) is 6.04 Å². The van der Waals surface area contributed by atoms with Gasteiger partial charge in [-0.25, -0.2) is 4.79 Å². The number of rotatable bonds is 3. The minimum atomic E-state index is 0.0742. The lowest BCUT2D eigenvalue weighted by Gasteiger charge is -2.29. The van der Waals surface area contributed by atoms with E-state index < -0.39 is 0 Å². The molecule has 0 bridgehead atoms. The van der Waals surface area contributed by atoms with Crippen molar-refractivity contribution in [3.63, 3.8) is 0 Å². The van der Waals surface area contributed by atoms with Gasteiger partial charge in [-0.2, -0.15) is 11.8 Å². The fraction of sp³-hybridized carbons (Fsp3) is 0.909. The summed E-state index contributed by atoms with van der Waals surface area (Å²) in [5.74, 6) is 0. The van der Waals surface area contributed by atoms with Crippen LogP contribution in [0.2, 0.25) is 0 Å². The van der Waals surface area contributed by atoms with Crippen LogP contribution in [-0.4, -0.2) is 42.1 Å². The summed E-state index contributed by atoms with van der Waals surface area (Å²) in [4.78, 5) is 13.3. The summed E-state index contributed by atoms with van der Waals surface area (Å²) in [6.07, 6.45) is 6.92. The van der Waals surface area contributed by atoms with E-state index in [1.165, 1.54) is 12.8 Å². The van der Waals surface area contributed by atoms with Crippen LogP contribution in [0.3, 0.4) is 0 Å². The van der Waals surface area contributed by atoms with Crippen LogP contribution in [0.5, 0.6) is 0 Å². The van der Waals surface area contributed by atoms with E-state index in [2.05, 4.69) is 11.6 Å². The van der Waals surface area contributed by atoms with E-state index in [9.17, 15) is 4.79 Å². The van der Waals surface area contributed by atoms with Gasteiger partial charge in [0.05, 0.1) is 0 Å². The van der Waals surface area contributed by atoms with Crippen molar-refractivity contribution in [2.24, 2.45) is 0 Å². The number of nitrogens with one attached hydrogen (secondary N) is 1. The monoisotopic (exact) mass is 230 g/mol. The first-order valence-corrected chi connectivity index (χ1v) is 7.00. The van der Waals surface area contributed by atoms with Crippen LogP contribution >= 0.6 is 11.8 Å². The predicted octanol–water partition coefficient (Wildman–Crippen LogP) is 2.32. The number of carbonyl (C=O) groups excluding carboxylic acids is 1. The molecule has 1 aliphatic carbocycles. The molecule has 1 rings (SSSR count). The summed E-state index contributed by atoms with van der Waals surface area (Å²) < 4.78 is 0. The second kappa shape index (κ2) is 6.26. The minimum absolute atomic E-state index is 0.0742. The third-order valence-electron chi connectivity index (χ3n) is 3.16. The molecule has 0 unspecified atom stereocenters. The number of thioether (sulfide) groups is 1. The number of carbonyl (C=O) groups is 1. The fourth-order valence-corrected chi connectivity index (χ4v) is 2.61. The third-order valence-corrected chi connectivity index (χ3v) is 4.29. The zero-order valence-electron chi connectivity index (χ0n) is 9.95. The molecule has 1 N–H and O–H groups in total. The van der Waals surface area contributed by atoms with Gasteiger partial charge in [0.15, 0.2) is 0 Å². The van der Waals surface area contributed by atoms with Gasteiger partial charge in [0.25, 0.3) is 0 Å². The molecule has 1 aliphatic rings. The SMILES string of the molecule is CCN(C)C(=O)NC1CCC(SC)CC1. The highest BCUT2D eigenvalue weighted by Gasteiger charge is 2.22. The number of hydrogen-bond acceptors (Lipinski definition) is 2. The molecule has 3 nitrogen and oxygen atoms in total. The van der Waals surface area contributed by atoms with Crippen LogP contribution in [-0.2, 0) is 0 Å². The Morgan fingerprint density at radius 1 is 1.40 bits per heavy atom. The Balaban J connectivity index is 2.26. The van der Waals surface area contributed by atoms with Crippen molar-refractivity contribution in [2.45, 2.75) is 43.9 Å². The largest absolute Gasteiger partial charge is 0.335 e. The van der Waals surface area contributed by atoms with Gasteiger partial charge in [0, 0.05) is 24.9 Å². The molecule has 0 aromatic carbocycles. The Labute approximate surface area is 97.0 Å². The van der Waals surface area contributed by atoms with Crippen molar-refractivity contribution in [1.82, 2.24) is 10.2 Å². The van der Waals surface area contributed by atoms with Crippen molar-refractivity contribution in [2.75, 3.05) is 19.8 Å². The number of hydrogen-bond donors (Lipinski definition) is 1. The topological polar surface area (TPSA) is 32.3 Å². The highest BCUT2D eigenvalue weighted by molar-refractivity contribution is 7.99. The lowest BCUT2D eigenvalue weighted by atomic mass is 9.95. The standard InChI is InChI=1S/C11H22N2OS/c1-4-13(2)11(14)12-9-5-7-10(15-3)8-6-9/h9-10H,4-8H2,1-3H3,(H,12,14). The summed E-state index contributed by atoms with van der Waals surface area (Å²) in [5, 5.41) is 3.90. The number of nitrogens with zero attached hydrogens (tertiary/aromatic N) is 1. The Morgan fingerprint density at radius 3 is 2.47 bits per heavy atom. The summed E-state index contributed by atoms with van der Waals surface area (Å²) >= 11 is 1.95. The summed E-state index contributed by atoms with van der Waals surface area (Å²) in [6.45, 7) is 2.76. The van der Waals surface area contributed by atoms with Crippen molar-refractivity contribution in [3.8, 4) is 0 Å². The first-order chi connectivity index (χ1) is 7.17. The zero-order chi connectivity index (χ0) is 11.3. The third kappa shape index (κ3) is 3.93. The number of amides is 2. The van der Waals surface area contributed by atoms with Crippen LogP contribution in [0.1, 0.15) is 32.6 Å². The van der Waals surface area contributed by atoms with Gasteiger partial charge in [-0.05, 0) is 38.9 Å². The molecule has 2 amide bonds. The molecule has 0 saturated heterocycles. The zero-order valence-corrected chi connectivity index (χ0v) is 10.8. The van der Waals surface area contributed by atoms with Crippen LogP contribution < -0.4 is 5.32 Å². The van der Waals surface area contributed by atoms with E-state index in [-0.39, 0.29) is 6.03 Å². The van der Waals surface area contributed by atoms with Gasteiger partial charge < -0.3 is 10.2 Å². The maximum atomic E-state index is 11.6. The van der Waals surface area contributed by atoms with Gasteiger partial charge in [0.1, 0.15) is 0 Å². The fourth-order valence-electron chi connectivity index (χ4n) is 1.87. The Kier molecular flexibility index (Phi) is 5.29. The molecule has 15 heavy (non-hydrogen) atoms. The summed E-state index contributed by atoms with van der Waals surface area (Å²) in [5.41, 5.74) is 0. The van der Waals surface area contributed by atoms with E-state index in [4.69, 9.17) is 0 Å². The number of urea groups is 1. The molecule has 4 heteroatoms. The first kappa shape index (κ1) is 12.7. The molecule has 0 heterocycles. The molecular weight excluding hydrogens is 208 g/mol. The molecule has 0 aromatic heterocycles. The Hall–Kier alpha value is -0.380. The Morgan fingerprint density at radius 2 is 2.00 bits per heavy atom. The highest BCUT2D eigenvalue weighted by Crippen LogP contribution is 2.26. The molecule has 88 valence electrons. The average Bonchev–Trinajstić information content (AvgIpc) is 2.29. The molecule has 0 radical (unpaired) electrons. The molecule has 0 aromatic rings. The normalized spacial score (nSPS) is 26.1. The van der Waals surface area contributed by atoms with Gasteiger partial charge >= 0.3 is 6.03 Å². The van der Waals surface area contributed by atoms with Crippen molar-refractivity contribution in [3.05, 3.63) is 0 Å². The molecule has 0 aliphatic heterocycles. The lowest BCUT2D eigenvalue weighted by molar-refractivity contribution is 0.203. The van der Waals surface area contributed by atoms with E-state index in [0.717, 1.165) is 24.6 Å². The summed E-state index contributed by atoms with van der Waals surface area (Å²) in [6, 6.07) is 0.472. The molecular formula is C11H22N2OS. The average molecular weight is 230 g/mol. The van der Waals surface area contributed by atoms with Crippen molar-refractivity contribution >= 4 is 17.8 Å². The summed E-state index contributed by atoms with van der Waals surface area (Å²) in [7, 11) is 1.84. The molecule has 1 saturated carbocycles. The van der Waals surface area contributed by atoms with Crippen LogP contribution in [0.25, 0.3) is 0 Å². The second-order valence-electron chi connectivity index (χ2n) is 4.17. The van der Waals surface area contributed by atoms with Crippen LogP contribution in [0.15, 0.2) is 0 Å². The molecule has 0 atom stereocenters. The smallest absolute Gasteiger partial charge is 0.317 e. The van der Waals surface area contributed by atoms with Crippen molar-refractivity contribution < 1.29 is 4.79 Å². The van der Waals surface area contributed by atoms with Gasteiger partial charge in [-0.15, -0.1) is 0 Å². The van der Waals surface area contributed by atoms with Crippen molar-refractivity contribution in [1.29, 1.82) is 0 Å². The molecule has 0 spiro atoms. The van der Waals surface area contributed by atoms with Gasteiger partial charge in [0.2, 0.25) is 0 Å². The molecule has 1 fully saturated rings.